The quantitative estimate of drug-likeness (QED) is 0.0433. The summed E-state index contributed by atoms with van der Waals surface area (Å²) in [7, 11) is 0. The number of primary amides is 1. The molecular weight excluding hydrogens is 570 g/mol. The van der Waals surface area contributed by atoms with Gasteiger partial charge in [-0.25, -0.2) is 0 Å². The normalized spacial score (nSPS) is 13.7. The van der Waals surface area contributed by atoms with Gasteiger partial charge in [-0.05, 0) is 36.5 Å². The van der Waals surface area contributed by atoms with E-state index in [4.69, 9.17) is 22.9 Å². The van der Waals surface area contributed by atoms with Crippen LogP contribution >= 0.6 is 12.6 Å². The highest BCUT2D eigenvalue weighted by Gasteiger charge is 2.30. The van der Waals surface area contributed by atoms with E-state index in [1.807, 2.05) is 54.6 Å². The number of nitrogens with one attached hydrogen (secondary N) is 4. The van der Waals surface area contributed by atoms with Gasteiger partial charge >= 0.3 is 0 Å². The van der Waals surface area contributed by atoms with E-state index in [1.165, 1.54) is 0 Å². The Bertz CT molecular complexity index is 1430. The number of H-pyrrole nitrogens is 1. The molecule has 0 fully saturated rings. The summed E-state index contributed by atoms with van der Waals surface area (Å²) in [6.45, 7) is 0.222. The Morgan fingerprint density at radius 3 is 2.12 bits per heavy atom. The maximum absolute atomic E-state index is 13.6. The summed E-state index contributed by atoms with van der Waals surface area (Å²) < 4.78 is 0. The molecule has 13 nitrogen and oxygen atoms in total. The molecule has 2 aromatic carbocycles. The molecule has 0 bridgehead atoms. The van der Waals surface area contributed by atoms with Crippen LogP contribution in [0.5, 0.6) is 0 Å². The second kappa shape index (κ2) is 16.2. The topological polar surface area (TPSA) is 237 Å². The van der Waals surface area contributed by atoms with Crippen LogP contribution in [-0.4, -0.2) is 71.0 Å². The highest BCUT2D eigenvalue weighted by molar-refractivity contribution is 7.80. The molecule has 14 heteroatoms. The van der Waals surface area contributed by atoms with E-state index in [9.17, 15) is 19.2 Å². The molecule has 0 saturated heterocycles. The lowest BCUT2D eigenvalue weighted by atomic mass is 10.0. The van der Waals surface area contributed by atoms with Crippen LogP contribution in [0.25, 0.3) is 10.9 Å². The van der Waals surface area contributed by atoms with Crippen molar-refractivity contribution in [2.75, 3.05) is 12.3 Å². The van der Waals surface area contributed by atoms with Crippen molar-refractivity contribution in [1.29, 1.82) is 0 Å². The molecule has 1 heterocycles. The molecule has 3 aromatic rings. The number of fused-ring (bicyclic) bond motifs is 1. The molecule has 4 amide bonds. The molecule has 0 aliphatic rings. The van der Waals surface area contributed by atoms with Gasteiger partial charge < -0.3 is 43.9 Å². The van der Waals surface area contributed by atoms with E-state index in [-0.39, 0.29) is 37.5 Å². The second-order valence-electron chi connectivity index (χ2n) is 10.1. The van der Waals surface area contributed by atoms with Crippen LogP contribution in [0.3, 0.4) is 0 Å². The molecule has 0 unspecified atom stereocenters. The van der Waals surface area contributed by atoms with Crippen LogP contribution in [0, 0.1) is 0 Å². The first-order valence-corrected chi connectivity index (χ1v) is 14.4. The van der Waals surface area contributed by atoms with Gasteiger partial charge in [0.2, 0.25) is 23.6 Å². The number of carbonyl (C=O) groups is 4. The average molecular weight is 610 g/mol. The summed E-state index contributed by atoms with van der Waals surface area (Å²) in [5, 5.41) is 8.89. The monoisotopic (exact) mass is 609 g/mol. The van der Waals surface area contributed by atoms with Gasteiger partial charge in [0.05, 0.1) is 6.04 Å². The minimum Gasteiger partial charge on any atom is -0.370 e. The minimum atomic E-state index is -1.12. The van der Waals surface area contributed by atoms with Crippen molar-refractivity contribution < 1.29 is 19.2 Å². The third-order valence-corrected chi connectivity index (χ3v) is 7.15. The SMILES string of the molecule is NC(=O)[C@H](CS)NC(=O)[C@H](Cc1c[nH]c2ccccc12)NC(=O)[C@H](CCCN=C(N)N)NC(=O)[C@@H](N)Cc1ccccc1. The fourth-order valence-corrected chi connectivity index (χ4v) is 4.76. The third kappa shape index (κ3) is 10.0. The van der Waals surface area contributed by atoms with Gasteiger partial charge in [-0.15, -0.1) is 0 Å². The lowest BCUT2D eigenvalue weighted by molar-refractivity contribution is -0.133. The molecule has 0 aliphatic carbocycles. The Morgan fingerprint density at radius 2 is 1.44 bits per heavy atom. The van der Waals surface area contributed by atoms with Gasteiger partial charge in [0.15, 0.2) is 5.96 Å². The molecular formula is C29H39N9O4S. The van der Waals surface area contributed by atoms with Crippen LogP contribution in [0.4, 0.5) is 0 Å². The summed E-state index contributed by atoms with van der Waals surface area (Å²) in [5.41, 5.74) is 24.9. The number of amides is 4. The second-order valence-corrected chi connectivity index (χ2v) is 10.4. The number of nitrogens with two attached hydrogens (primary N) is 4. The van der Waals surface area contributed by atoms with Crippen molar-refractivity contribution in [3.05, 3.63) is 71.9 Å². The molecule has 43 heavy (non-hydrogen) atoms. The predicted molar refractivity (Wildman–Crippen MR) is 169 cm³/mol. The fraction of sp³-hybridized carbons (Fsp3) is 0.345. The number of thiol groups is 1. The number of benzene rings is 2. The fourth-order valence-electron chi connectivity index (χ4n) is 4.49. The van der Waals surface area contributed by atoms with Crippen LogP contribution in [0.15, 0.2) is 65.8 Å². The van der Waals surface area contributed by atoms with E-state index in [0.29, 0.717) is 6.42 Å². The Hall–Kier alpha value is -4.56. The van der Waals surface area contributed by atoms with E-state index in [0.717, 1.165) is 22.0 Å². The number of carbonyl (C=O) groups excluding carboxylic acids is 4. The van der Waals surface area contributed by atoms with E-state index in [1.54, 1.807) is 6.20 Å². The number of hydrogen-bond acceptors (Lipinski definition) is 7. The molecule has 0 radical (unpaired) electrons. The maximum Gasteiger partial charge on any atom is 0.243 e. The highest BCUT2D eigenvalue weighted by atomic mass is 32.1. The summed E-state index contributed by atoms with van der Waals surface area (Å²) in [6.07, 6.45) is 2.61. The summed E-state index contributed by atoms with van der Waals surface area (Å²) in [5.74, 6) is -2.68. The number of para-hydroxylation sites is 1. The molecule has 0 saturated carbocycles. The van der Waals surface area contributed by atoms with Crippen LogP contribution < -0.4 is 38.9 Å². The first-order chi connectivity index (χ1) is 20.6. The van der Waals surface area contributed by atoms with Gasteiger partial charge in [-0.2, -0.15) is 12.6 Å². The van der Waals surface area contributed by atoms with E-state index >= 15 is 0 Å². The van der Waals surface area contributed by atoms with Crippen molar-refractivity contribution >= 4 is 53.1 Å². The Labute approximate surface area is 255 Å². The van der Waals surface area contributed by atoms with Crippen molar-refractivity contribution in [1.82, 2.24) is 20.9 Å². The minimum absolute atomic E-state index is 0.0302. The van der Waals surface area contributed by atoms with Crippen molar-refractivity contribution in [2.45, 2.75) is 49.9 Å². The number of guanidine groups is 1. The van der Waals surface area contributed by atoms with Crippen LogP contribution in [-0.2, 0) is 32.0 Å². The van der Waals surface area contributed by atoms with Crippen molar-refractivity contribution in [2.24, 2.45) is 27.9 Å². The Balaban J connectivity index is 1.82. The predicted octanol–water partition coefficient (Wildman–Crippen LogP) is -0.796. The van der Waals surface area contributed by atoms with E-state index in [2.05, 4.69) is 38.6 Å². The van der Waals surface area contributed by atoms with Crippen molar-refractivity contribution in [3.8, 4) is 0 Å². The lowest BCUT2D eigenvalue weighted by Gasteiger charge is -2.25. The van der Waals surface area contributed by atoms with Gasteiger partial charge in [-0.3, -0.25) is 24.2 Å². The zero-order chi connectivity index (χ0) is 31.4. The summed E-state index contributed by atoms with van der Waals surface area (Å²) >= 11 is 4.10. The van der Waals surface area contributed by atoms with Gasteiger partial charge in [0, 0.05) is 35.8 Å². The largest absolute Gasteiger partial charge is 0.370 e. The summed E-state index contributed by atoms with van der Waals surface area (Å²) in [6, 6.07) is 12.6. The molecule has 4 atom stereocenters. The van der Waals surface area contributed by atoms with Crippen LogP contribution in [0.2, 0.25) is 0 Å². The molecule has 3 rings (SSSR count). The zero-order valence-corrected chi connectivity index (χ0v) is 24.6. The number of aliphatic imine (C=N–C) groups is 1. The average Bonchev–Trinajstić information content (AvgIpc) is 3.39. The molecule has 230 valence electrons. The number of hydrogen-bond donors (Lipinski definition) is 9. The van der Waals surface area contributed by atoms with Gasteiger partial charge in [-0.1, -0.05) is 48.5 Å². The molecule has 12 N–H and O–H groups in total. The standard InChI is InChI=1S/C29H39N9O4S/c30-20(13-17-7-2-1-3-8-17)26(40)36-22(11-6-12-34-29(32)33)27(41)37-23(28(42)38-24(16-43)25(31)39)14-18-15-35-21-10-5-4-9-19(18)21/h1-5,7-10,15,20,22-24,35,43H,6,11-14,16,30H2,(H2,31,39)(H,36,40)(H,37,41)(H,38,42)(H4,32,33,34)/t20-,22-,23-,24-/m0/s1. The van der Waals surface area contributed by atoms with Crippen molar-refractivity contribution in [3.63, 3.8) is 0 Å². The molecule has 1 aromatic heterocycles. The maximum atomic E-state index is 13.6. The molecule has 0 spiro atoms. The van der Waals surface area contributed by atoms with Gasteiger partial charge in [0.25, 0.3) is 0 Å². The Morgan fingerprint density at radius 1 is 0.814 bits per heavy atom. The third-order valence-electron chi connectivity index (χ3n) is 6.79. The van der Waals surface area contributed by atoms with E-state index < -0.39 is 47.8 Å². The Kier molecular flexibility index (Phi) is 12.4. The zero-order valence-electron chi connectivity index (χ0n) is 23.7. The number of rotatable bonds is 16. The smallest absolute Gasteiger partial charge is 0.243 e. The first kappa shape index (κ1) is 32.9. The van der Waals surface area contributed by atoms with Gasteiger partial charge in [0.1, 0.15) is 18.1 Å². The van der Waals surface area contributed by atoms with Crippen LogP contribution in [0.1, 0.15) is 24.0 Å². The molecule has 0 aliphatic heterocycles. The number of aromatic nitrogens is 1. The number of nitrogens with zero attached hydrogens (tertiary/aromatic N) is 1. The highest BCUT2D eigenvalue weighted by Crippen LogP contribution is 2.19. The number of aromatic amines is 1. The first-order valence-electron chi connectivity index (χ1n) is 13.8. The summed E-state index contributed by atoms with van der Waals surface area (Å²) in [4.78, 5) is 59.0. The lowest BCUT2D eigenvalue weighted by Crippen LogP contribution is -2.58.